The molecule has 11 heteroatoms. The number of carbonyl (C=O) groups excluding carboxylic acids is 1. The predicted octanol–water partition coefficient (Wildman–Crippen LogP) is 1.02. The number of primary amides is 1. The van der Waals surface area contributed by atoms with E-state index < -0.39 is 52.7 Å². The lowest BCUT2D eigenvalue weighted by Gasteiger charge is -2.17. The van der Waals surface area contributed by atoms with E-state index in [1.807, 2.05) is 5.43 Å². The van der Waals surface area contributed by atoms with E-state index in [0.717, 1.165) is 0 Å². The highest BCUT2D eigenvalue weighted by Crippen LogP contribution is 2.26. The molecule has 1 atom stereocenters. The number of hydrogen-bond acceptors (Lipinski definition) is 4. The molecule has 1 amide bonds. The maximum absolute atomic E-state index is 13.3. The number of rotatable bonds is 7. The molecule has 0 aliphatic heterocycles. The lowest BCUT2D eigenvalue weighted by molar-refractivity contribution is -0.139. The molecule has 1 rings (SSSR count). The van der Waals surface area contributed by atoms with Gasteiger partial charge < -0.3 is 16.3 Å². The Morgan fingerprint density at radius 2 is 1.45 bits per heavy atom. The van der Waals surface area contributed by atoms with Crippen molar-refractivity contribution in [1.82, 2.24) is 5.43 Å². The fourth-order valence-electron chi connectivity index (χ4n) is 1.42. The van der Waals surface area contributed by atoms with Gasteiger partial charge in [0.1, 0.15) is 11.7 Å². The van der Waals surface area contributed by atoms with E-state index in [2.05, 4.69) is 0 Å². The van der Waals surface area contributed by atoms with Crippen LogP contribution in [0.3, 0.4) is 0 Å². The Bertz CT molecular complexity index is 582. The average Bonchev–Trinajstić information content (AvgIpc) is 2.45. The third-order valence-electron chi connectivity index (χ3n) is 2.56. The third-order valence-corrected chi connectivity index (χ3v) is 2.56. The van der Waals surface area contributed by atoms with Crippen LogP contribution >= 0.6 is 0 Å². The smallest absolute Gasteiger partial charge is 0.322 e. The molecule has 0 unspecified atom stereocenters. The number of anilines is 1. The molecule has 22 heavy (non-hydrogen) atoms. The Hall–Kier alpha value is -2.43. The van der Waals surface area contributed by atoms with Crippen molar-refractivity contribution in [3.8, 4) is 0 Å². The first-order valence-electron chi connectivity index (χ1n) is 5.70. The second kappa shape index (κ2) is 7.02. The van der Waals surface area contributed by atoms with Crippen molar-refractivity contribution >= 4 is 17.6 Å². The summed E-state index contributed by atoms with van der Waals surface area (Å²) in [5.41, 5.74) is 6.84. The topological polar surface area (TPSA) is 104 Å². The second-order valence-electron chi connectivity index (χ2n) is 4.11. The van der Waals surface area contributed by atoms with Crippen molar-refractivity contribution < 1.29 is 36.6 Å². The van der Waals surface area contributed by atoms with E-state index in [1.165, 1.54) is 0 Å². The van der Waals surface area contributed by atoms with Crippen LogP contribution in [-0.4, -0.2) is 23.0 Å². The summed E-state index contributed by atoms with van der Waals surface area (Å²) in [5.74, 6) is -13.4. The van der Waals surface area contributed by atoms with E-state index in [0.29, 0.717) is 0 Å². The summed E-state index contributed by atoms with van der Waals surface area (Å²) in [7, 11) is 0. The fraction of sp³-hybridized carbons (Fsp3) is 0.273. The molecule has 0 fully saturated rings. The average molecular weight is 327 g/mol. The van der Waals surface area contributed by atoms with Crippen LogP contribution in [0.15, 0.2) is 0 Å². The minimum absolute atomic E-state index is 0.368. The molecule has 0 heterocycles. The van der Waals surface area contributed by atoms with E-state index in [1.54, 1.807) is 5.43 Å². The molecule has 1 aromatic carbocycles. The number of amides is 1. The Kier molecular flexibility index (Phi) is 5.63. The zero-order valence-electron chi connectivity index (χ0n) is 10.7. The van der Waals surface area contributed by atoms with E-state index in [-0.39, 0.29) is 12.8 Å². The van der Waals surface area contributed by atoms with Gasteiger partial charge in [-0.15, -0.1) is 0 Å². The Morgan fingerprint density at radius 3 is 1.86 bits per heavy atom. The van der Waals surface area contributed by atoms with Gasteiger partial charge in [0.25, 0.3) is 0 Å². The maximum Gasteiger partial charge on any atom is 0.322 e. The fourth-order valence-corrected chi connectivity index (χ4v) is 1.42. The Labute approximate surface area is 120 Å². The van der Waals surface area contributed by atoms with Crippen LogP contribution in [0.25, 0.3) is 0 Å². The van der Waals surface area contributed by atoms with Crippen LogP contribution in [0.5, 0.6) is 0 Å². The van der Waals surface area contributed by atoms with Crippen molar-refractivity contribution in [1.29, 1.82) is 0 Å². The van der Waals surface area contributed by atoms with Crippen molar-refractivity contribution in [2.45, 2.75) is 18.9 Å². The summed E-state index contributed by atoms with van der Waals surface area (Å²) in [6.07, 6.45) is -0.740. The molecule has 5 N–H and O–H groups in total. The molecule has 0 aliphatic rings. The molecule has 0 bridgehead atoms. The highest BCUT2D eigenvalue weighted by atomic mass is 19.2. The van der Waals surface area contributed by atoms with Crippen molar-refractivity contribution in [3.05, 3.63) is 29.1 Å². The number of carboxylic acids is 1. The standard InChI is InChI=1S/C11H10F5N3O3/c12-5-6(13)8(15)10(9(16)7(5)14)19-18-3(11(21)22)1-2-4(17)20/h3,18-19H,1-2H2,(H2,17,20)(H,21,22)/t3-/m0/s1. The first-order valence-corrected chi connectivity index (χ1v) is 5.70. The second-order valence-corrected chi connectivity index (χ2v) is 4.11. The predicted molar refractivity (Wildman–Crippen MR) is 62.8 cm³/mol. The minimum atomic E-state index is -2.34. The van der Waals surface area contributed by atoms with Crippen molar-refractivity contribution in [2.24, 2.45) is 5.73 Å². The molecular weight excluding hydrogens is 317 g/mol. The normalized spacial score (nSPS) is 12.0. The molecule has 0 saturated carbocycles. The van der Waals surface area contributed by atoms with Gasteiger partial charge in [0, 0.05) is 6.42 Å². The largest absolute Gasteiger partial charge is 0.480 e. The lowest BCUT2D eigenvalue weighted by atomic mass is 10.1. The van der Waals surface area contributed by atoms with Gasteiger partial charge in [0.05, 0.1) is 0 Å². The summed E-state index contributed by atoms with van der Waals surface area (Å²) in [4.78, 5) is 21.4. The molecular formula is C11H10F5N3O3. The monoisotopic (exact) mass is 327 g/mol. The lowest BCUT2D eigenvalue weighted by Crippen LogP contribution is -2.41. The van der Waals surface area contributed by atoms with Gasteiger partial charge in [-0.1, -0.05) is 0 Å². The zero-order valence-corrected chi connectivity index (χ0v) is 10.7. The first-order chi connectivity index (χ1) is 10.2. The van der Waals surface area contributed by atoms with Crippen molar-refractivity contribution in [3.63, 3.8) is 0 Å². The van der Waals surface area contributed by atoms with Crippen LogP contribution in [0, 0.1) is 29.1 Å². The van der Waals surface area contributed by atoms with Crippen LogP contribution in [0.2, 0.25) is 0 Å². The highest BCUT2D eigenvalue weighted by molar-refractivity contribution is 5.77. The van der Waals surface area contributed by atoms with Gasteiger partial charge >= 0.3 is 5.97 Å². The number of nitrogens with two attached hydrogens (primary N) is 1. The molecule has 0 radical (unpaired) electrons. The van der Waals surface area contributed by atoms with Crippen LogP contribution in [0.4, 0.5) is 27.6 Å². The molecule has 0 aromatic heterocycles. The van der Waals surface area contributed by atoms with E-state index in [4.69, 9.17) is 10.8 Å². The first kappa shape index (κ1) is 17.6. The summed E-state index contributed by atoms with van der Waals surface area (Å²) in [5, 5.41) is 8.81. The van der Waals surface area contributed by atoms with Crippen LogP contribution in [-0.2, 0) is 9.59 Å². The number of carbonyl (C=O) groups is 2. The maximum atomic E-state index is 13.3. The summed E-state index contributed by atoms with van der Waals surface area (Å²) in [6, 6.07) is -1.55. The Balaban J connectivity index is 2.95. The molecule has 1 aromatic rings. The van der Waals surface area contributed by atoms with E-state index >= 15 is 0 Å². The number of benzene rings is 1. The number of carboxylic acid groups (broad SMARTS) is 1. The van der Waals surface area contributed by atoms with Crippen LogP contribution in [0.1, 0.15) is 12.8 Å². The van der Waals surface area contributed by atoms with Gasteiger partial charge in [-0.25, -0.2) is 27.4 Å². The minimum Gasteiger partial charge on any atom is -0.480 e. The number of hydrogen-bond donors (Lipinski definition) is 4. The highest BCUT2D eigenvalue weighted by Gasteiger charge is 2.27. The number of aliphatic carboxylic acids is 1. The Morgan fingerprint density at radius 1 is 1.00 bits per heavy atom. The van der Waals surface area contributed by atoms with E-state index in [9.17, 15) is 31.5 Å². The summed E-state index contributed by atoms with van der Waals surface area (Å²) in [6.45, 7) is 0. The van der Waals surface area contributed by atoms with Gasteiger partial charge in [0.15, 0.2) is 23.3 Å². The zero-order chi connectivity index (χ0) is 17.0. The van der Waals surface area contributed by atoms with Crippen LogP contribution < -0.4 is 16.6 Å². The van der Waals surface area contributed by atoms with Gasteiger partial charge in [-0.3, -0.25) is 9.59 Å². The van der Waals surface area contributed by atoms with Gasteiger partial charge in [0.2, 0.25) is 11.7 Å². The molecule has 0 spiro atoms. The summed E-state index contributed by atoms with van der Waals surface area (Å²) >= 11 is 0. The molecule has 0 saturated heterocycles. The third kappa shape index (κ3) is 3.81. The van der Waals surface area contributed by atoms with Crippen molar-refractivity contribution in [2.75, 3.05) is 5.43 Å². The number of halogens is 5. The quantitative estimate of drug-likeness (QED) is 0.259. The molecule has 0 aliphatic carbocycles. The summed E-state index contributed by atoms with van der Waals surface area (Å²) < 4.78 is 65.3. The SMILES string of the molecule is NC(=O)CC[C@H](NNc1c(F)c(F)c(F)c(F)c1F)C(=O)O. The van der Waals surface area contributed by atoms with Gasteiger partial charge in [-0.2, -0.15) is 0 Å². The molecule has 6 nitrogen and oxygen atoms in total. The van der Waals surface area contributed by atoms with Gasteiger partial charge in [-0.05, 0) is 6.42 Å². The molecule has 122 valence electrons. The number of nitrogens with one attached hydrogen (secondary N) is 2. The number of hydrazine groups is 1.